The highest BCUT2D eigenvalue weighted by atomic mass is 35.5. The largest absolute Gasteiger partial charge is 0.315 e. The van der Waals surface area contributed by atoms with E-state index in [0.717, 1.165) is 30.3 Å². The van der Waals surface area contributed by atoms with E-state index in [2.05, 4.69) is 25.5 Å². The number of halogens is 2. The van der Waals surface area contributed by atoms with Gasteiger partial charge in [-0.1, -0.05) is 6.07 Å². The van der Waals surface area contributed by atoms with Gasteiger partial charge in [-0.15, -0.1) is 24.8 Å². The van der Waals surface area contributed by atoms with E-state index in [1.807, 2.05) is 25.1 Å². The second-order valence-electron chi connectivity index (χ2n) is 4.06. The molecule has 0 amide bonds. The Balaban J connectivity index is 0.000000810. The fraction of sp³-hybridized carbons (Fsp3) is 0.364. The van der Waals surface area contributed by atoms with Crippen molar-refractivity contribution in [2.24, 2.45) is 0 Å². The Morgan fingerprint density at radius 1 is 1.17 bits per heavy atom. The molecule has 5 nitrogen and oxygen atoms in total. The van der Waals surface area contributed by atoms with Gasteiger partial charge in [0.2, 0.25) is 0 Å². The van der Waals surface area contributed by atoms with Crippen LogP contribution in [0.5, 0.6) is 0 Å². The van der Waals surface area contributed by atoms with Crippen LogP contribution in [0.25, 0.3) is 11.5 Å². The summed E-state index contributed by atoms with van der Waals surface area (Å²) in [6, 6.07) is 5.87. The predicted molar refractivity (Wildman–Crippen MR) is 74.5 cm³/mol. The molecule has 18 heavy (non-hydrogen) atoms. The molecule has 3 rings (SSSR count). The van der Waals surface area contributed by atoms with Crippen LogP contribution in [0.1, 0.15) is 17.4 Å². The normalized spacial score (nSPS) is 14.3. The molecule has 2 aromatic heterocycles. The van der Waals surface area contributed by atoms with Gasteiger partial charge in [-0.3, -0.25) is 5.10 Å². The van der Waals surface area contributed by atoms with Crippen LogP contribution in [0.3, 0.4) is 0 Å². The summed E-state index contributed by atoms with van der Waals surface area (Å²) in [6.07, 6.45) is 0. The number of hydrogen-bond acceptors (Lipinski definition) is 4. The summed E-state index contributed by atoms with van der Waals surface area (Å²) < 4.78 is 0. The van der Waals surface area contributed by atoms with Crippen molar-refractivity contribution in [3.05, 3.63) is 29.7 Å². The smallest absolute Gasteiger partial charge is 0.199 e. The third kappa shape index (κ3) is 2.80. The van der Waals surface area contributed by atoms with Gasteiger partial charge in [-0.05, 0) is 19.1 Å². The van der Waals surface area contributed by atoms with Gasteiger partial charge < -0.3 is 5.32 Å². The van der Waals surface area contributed by atoms with E-state index < -0.39 is 0 Å². The summed E-state index contributed by atoms with van der Waals surface area (Å²) in [5.41, 5.74) is 1.81. The maximum Gasteiger partial charge on any atom is 0.199 e. The Morgan fingerprint density at radius 3 is 2.56 bits per heavy atom. The number of aromatic amines is 1. The molecule has 98 valence electrons. The molecule has 1 aliphatic rings. The molecule has 2 aromatic rings. The van der Waals surface area contributed by atoms with Crippen molar-refractivity contribution in [1.29, 1.82) is 0 Å². The van der Waals surface area contributed by atoms with Crippen LogP contribution in [0.15, 0.2) is 18.2 Å². The Hall–Kier alpha value is -1.17. The first-order valence-electron chi connectivity index (χ1n) is 5.40. The summed E-state index contributed by atoms with van der Waals surface area (Å²) >= 11 is 0. The van der Waals surface area contributed by atoms with E-state index in [1.54, 1.807) is 0 Å². The van der Waals surface area contributed by atoms with Gasteiger partial charge in [0.25, 0.3) is 0 Å². The molecule has 2 N–H and O–H groups in total. The molecule has 0 radical (unpaired) electrons. The molecule has 0 unspecified atom stereocenters. The van der Waals surface area contributed by atoms with Crippen LogP contribution in [0.2, 0.25) is 0 Å². The van der Waals surface area contributed by atoms with Crippen molar-refractivity contribution in [3.63, 3.8) is 0 Å². The third-order valence-corrected chi connectivity index (χ3v) is 2.79. The Kier molecular flexibility index (Phi) is 5.07. The van der Waals surface area contributed by atoms with Gasteiger partial charge in [0.05, 0.1) is 0 Å². The zero-order chi connectivity index (χ0) is 11.0. The van der Waals surface area contributed by atoms with Crippen molar-refractivity contribution >= 4 is 24.8 Å². The summed E-state index contributed by atoms with van der Waals surface area (Å²) in [4.78, 5) is 8.87. The average Bonchev–Trinajstić information content (AvgIpc) is 2.64. The molecule has 0 bridgehead atoms. The Labute approximate surface area is 118 Å². The number of nitrogens with zero attached hydrogens (tertiary/aromatic N) is 3. The van der Waals surface area contributed by atoms with Gasteiger partial charge in [-0.2, -0.15) is 5.10 Å². The number of hydrogen-bond donors (Lipinski definition) is 2. The molecule has 0 aromatic carbocycles. The second-order valence-corrected chi connectivity index (χ2v) is 4.06. The number of pyridine rings is 1. The van der Waals surface area contributed by atoms with Crippen molar-refractivity contribution in [3.8, 4) is 11.5 Å². The van der Waals surface area contributed by atoms with Crippen molar-refractivity contribution in [2.75, 3.05) is 13.1 Å². The molecule has 3 heterocycles. The highest BCUT2D eigenvalue weighted by Crippen LogP contribution is 2.18. The lowest BCUT2D eigenvalue weighted by molar-refractivity contribution is 0.431. The SMILES string of the molecule is Cc1cccc(-c2n[nH]c(C3CNC3)n2)n1.Cl.Cl. The molecular formula is C11H15Cl2N5. The van der Waals surface area contributed by atoms with Gasteiger partial charge >= 0.3 is 0 Å². The third-order valence-electron chi connectivity index (χ3n) is 2.79. The molecule has 1 aliphatic heterocycles. The van der Waals surface area contributed by atoms with Crippen molar-refractivity contribution < 1.29 is 0 Å². The average molecular weight is 288 g/mol. The molecule has 7 heteroatoms. The number of H-pyrrole nitrogens is 1. The maximum absolute atomic E-state index is 4.47. The van der Waals surface area contributed by atoms with E-state index in [9.17, 15) is 0 Å². The first-order valence-corrected chi connectivity index (χ1v) is 5.40. The zero-order valence-corrected chi connectivity index (χ0v) is 11.5. The molecule has 0 aliphatic carbocycles. The first kappa shape index (κ1) is 14.9. The number of aromatic nitrogens is 4. The minimum Gasteiger partial charge on any atom is -0.315 e. The standard InChI is InChI=1S/C11H13N5.2ClH/c1-7-3-2-4-9(13-7)11-14-10(15-16-11)8-5-12-6-8;;/h2-4,8,12H,5-6H2,1H3,(H,14,15,16);2*1H. The summed E-state index contributed by atoms with van der Waals surface area (Å²) in [7, 11) is 0. The minimum absolute atomic E-state index is 0. The second kappa shape index (κ2) is 6.13. The van der Waals surface area contributed by atoms with E-state index >= 15 is 0 Å². The monoisotopic (exact) mass is 287 g/mol. The van der Waals surface area contributed by atoms with Crippen LogP contribution in [0, 0.1) is 6.92 Å². The predicted octanol–water partition coefficient (Wildman–Crippen LogP) is 1.71. The fourth-order valence-electron chi connectivity index (χ4n) is 1.72. The number of aryl methyl sites for hydroxylation is 1. The lowest BCUT2D eigenvalue weighted by atomic mass is 10.0. The quantitative estimate of drug-likeness (QED) is 0.882. The van der Waals surface area contributed by atoms with Gasteiger partial charge in [0, 0.05) is 24.7 Å². The van der Waals surface area contributed by atoms with Crippen LogP contribution >= 0.6 is 24.8 Å². The van der Waals surface area contributed by atoms with Gasteiger partial charge in [-0.25, -0.2) is 9.97 Å². The molecule has 1 saturated heterocycles. The highest BCUT2D eigenvalue weighted by molar-refractivity contribution is 5.85. The van der Waals surface area contributed by atoms with Gasteiger partial charge in [0.1, 0.15) is 11.5 Å². The van der Waals surface area contributed by atoms with Crippen LogP contribution < -0.4 is 5.32 Å². The van der Waals surface area contributed by atoms with Gasteiger partial charge in [0.15, 0.2) is 5.82 Å². The van der Waals surface area contributed by atoms with Crippen molar-refractivity contribution in [1.82, 2.24) is 25.5 Å². The molecule has 1 fully saturated rings. The molecule has 0 saturated carbocycles. The molecule has 0 spiro atoms. The van der Waals surface area contributed by atoms with Crippen LogP contribution in [-0.2, 0) is 0 Å². The van der Waals surface area contributed by atoms with E-state index in [4.69, 9.17) is 0 Å². The van der Waals surface area contributed by atoms with Crippen LogP contribution in [0.4, 0.5) is 0 Å². The summed E-state index contributed by atoms with van der Waals surface area (Å²) in [5, 5.41) is 10.4. The highest BCUT2D eigenvalue weighted by Gasteiger charge is 2.22. The molecule has 0 atom stereocenters. The first-order chi connectivity index (χ1) is 7.83. The fourth-order valence-corrected chi connectivity index (χ4v) is 1.72. The Bertz CT molecular complexity index is 510. The number of rotatable bonds is 2. The topological polar surface area (TPSA) is 66.5 Å². The van der Waals surface area contributed by atoms with Crippen LogP contribution in [-0.4, -0.2) is 33.3 Å². The summed E-state index contributed by atoms with van der Waals surface area (Å²) in [5.74, 6) is 2.12. The summed E-state index contributed by atoms with van der Waals surface area (Å²) in [6.45, 7) is 3.93. The molecular weight excluding hydrogens is 273 g/mol. The Morgan fingerprint density at radius 2 is 1.94 bits per heavy atom. The minimum atomic E-state index is 0. The van der Waals surface area contributed by atoms with E-state index in [1.165, 1.54) is 0 Å². The maximum atomic E-state index is 4.47. The van der Waals surface area contributed by atoms with E-state index in [-0.39, 0.29) is 24.8 Å². The lowest BCUT2D eigenvalue weighted by Crippen LogP contribution is -2.40. The number of nitrogens with one attached hydrogen (secondary N) is 2. The zero-order valence-electron chi connectivity index (χ0n) is 9.88. The van der Waals surface area contributed by atoms with Crippen molar-refractivity contribution in [2.45, 2.75) is 12.8 Å². The van der Waals surface area contributed by atoms with E-state index in [0.29, 0.717) is 11.7 Å². The lowest BCUT2D eigenvalue weighted by Gasteiger charge is -2.24.